The Hall–Kier alpha value is -2.44. The molecule has 2 aromatic rings. The van der Waals surface area contributed by atoms with Gasteiger partial charge >= 0.3 is 0 Å². The highest BCUT2D eigenvalue weighted by Crippen LogP contribution is 2.30. The van der Waals surface area contributed by atoms with Crippen molar-refractivity contribution in [3.63, 3.8) is 0 Å². The lowest BCUT2D eigenvalue weighted by Gasteiger charge is -2.31. The standard InChI is InChI=1S/C26H35ClN2O4/c1-31-22-12-19(13-23(16-22)32-2)5-4-8-29-9-6-18(7-10-29)11-21(30)14-20-15-24(27)25(28)17-26(20)33-3/h12-13,15-18H,4-11,14,28H2,1-3H3. The van der Waals surface area contributed by atoms with Gasteiger partial charge in [-0.25, -0.2) is 0 Å². The first-order valence-electron chi connectivity index (χ1n) is 11.5. The van der Waals surface area contributed by atoms with Gasteiger partial charge in [-0.3, -0.25) is 4.79 Å². The molecule has 0 spiro atoms. The number of hydrogen-bond acceptors (Lipinski definition) is 6. The second kappa shape index (κ2) is 12.1. The predicted octanol–water partition coefficient (Wildman–Crippen LogP) is 4.79. The molecule has 6 nitrogen and oxygen atoms in total. The second-order valence-corrected chi connectivity index (χ2v) is 9.12. The van der Waals surface area contributed by atoms with E-state index in [0.29, 0.717) is 35.2 Å². The molecule has 1 aliphatic rings. The van der Waals surface area contributed by atoms with E-state index in [-0.39, 0.29) is 5.78 Å². The zero-order chi connectivity index (χ0) is 23.8. The lowest BCUT2D eigenvalue weighted by atomic mass is 9.90. The number of likely N-dealkylation sites (tertiary alicyclic amines) is 1. The van der Waals surface area contributed by atoms with Gasteiger partial charge in [0, 0.05) is 30.5 Å². The van der Waals surface area contributed by atoms with Crippen molar-refractivity contribution in [1.29, 1.82) is 0 Å². The molecule has 0 aromatic heterocycles. The minimum Gasteiger partial charge on any atom is -0.497 e. The van der Waals surface area contributed by atoms with Crippen LogP contribution in [0, 0.1) is 5.92 Å². The number of carbonyl (C=O) groups is 1. The van der Waals surface area contributed by atoms with Crippen LogP contribution in [0.15, 0.2) is 30.3 Å². The summed E-state index contributed by atoms with van der Waals surface area (Å²) in [5.74, 6) is 2.93. The molecule has 3 rings (SSSR count). The zero-order valence-electron chi connectivity index (χ0n) is 19.9. The number of anilines is 1. The number of Topliss-reactive ketones (excluding diaryl/α,β-unsaturated/α-hetero) is 1. The van der Waals surface area contributed by atoms with Crippen molar-refractivity contribution < 1.29 is 19.0 Å². The summed E-state index contributed by atoms with van der Waals surface area (Å²) in [7, 11) is 4.93. The first-order chi connectivity index (χ1) is 15.9. The number of aryl methyl sites for hydroxylation is 1. The molecule has 7 heteroatoms. The number of hydrogen-bond donors (Lipinski definition) is 1. The molecule has 1 heterocycles. The van der Waals surface area contributed by atoms with Crippen molar-refractivity contribution in [3.8, 4) is 17.2 Å². The van der Waals surface area contributed by atoms with Gasteiger partial charge in [-0.05, 0) is 75.0 Å². The number of benzene rings is 2. The number of halogens is 1. The third-order valence-corrected chi connectivity index (χ3v) is 6.69. The number of nitrogen functional groups attached to an aromatic ring is 1. The fraction of sp³-hybridized carbons (Fsp3) is 0.500. The molecule has 1 aliphatic heterocycles. The van der Waals surface area contributed by atoms with E-state index >= 15 is 0 Å². The van der Waals surface area contributed by atoms with Gasteiger partial charge in [0.1, 0.15) is 23.0 Å². The van der Waals surface area contributed by atoms with Gasteiger partial charge in [-0.15, -0.1) is 0 Å². The summed E-state index contributed by atoms with van der Waals surface area (Å²) in [6.45, 7) is 3.13. The number of rotatable bonds is 11. The Kier molecular flexibility index (Phi) is 9.27. The minimum absolute atomic E-state index is 0.222. The van der Waals surface area contributed by atoms with E-state index in [1.807, 2.05) is 6.07 Å². The molecule has 0 aliphatic carbocycles. The van der Waals surface area contributed by atoms with Crippen LogP contribution in [-0.4, -0.2) is 51.6 Å². The highest BCUT2D eigenvalue weighted by Gasteiger charge is 2.22. The minimum atomic E-state index is 0.222. The van der Waals surface area contributed by atoms with Crippen molar-refractivity contribution in [1.82, 2.24) is 4.90 Å². The highest BCUT2D eigenvalue weighted by molar-refractivity contribution is 6.33. The van der Waals surface area contributed by atoms with Crippen LogP contribution in [0.1, 0.15) is 36.8 Å². The van der Waals surface area contributed by atoms with Gasteiger partial charge in [0.2, 0.25) is 0 Å². The number of nitrogens with zero attached hydrogens (tertiary/aromatic N) is 1. The van der Waals surface area contributed by atoms with Crippen molar-refractivity contribution >= 4 is 23.1 Å². The highest BCUT2D eigenvalue weighted by atomic mass is 35.5. The number of nitrogens with two attached hydrogens (primary N) is 1. The Morgan fingerprint density at radius 2 is 1.70 bits per heavy atom. The average Bonchev–Trinajstić information content (AvgIpc) is 2.82. The maximum atomic E-state index is 12.7. The second-order valence-electron chi connectivity index (χ2n) is 8.71. The van der Waals surface area contributed by atoms with E-state index in [9.17, 15) is 4.79 Å². The summed E-state index contributed by atoms with van der Waals surface area (Å²) in [5.41, 5.74) is 8.33. The van der Waals surface area contributed by atoms with Gasteiger partial charge in [0.15, 0.2) is 0 Å². The fourth-order valence-corrected chi connectivity index (χ4v) is 4.66. The van der Waals surface area contributed by atoms with Crippen LogP contribution >= 0.6 is 11.6 Å². The Morgan fingerprint density at radius 3 is 2.30 bits per heavy atom. The summed E-state index contributed by atoms with van der Waals surface area (Å²) < 4.78 is 16.1. The first kappa shape index (κ1) is 25.2. The number of piperidine rings is 1. The fourth-order valence-electron chi connectivity index (χ4n) is 4.48. The third-order valence-electron chi connectivity index (χ3n) is 6.36. The largest absolute Gasteiger partial charge is 0.497 e. The molecule has 2 N–H and O–H groups in total. The molecule has 2 aromatic carbocycles. The molecule has 1 saturated heterocycles. The van der Waals surface area contributed by atoms with E-state index in [0.717, 1.165) is 62.4 Å². The van der Waals surface area contributed by atoms with Crippen LogP contribution in [0.25, 0.3) is 0 Å². The summed E-state index contributed by atoms with van der Waals surface area (Å²) in [4.78, 5) is 15.2. The van der Waals surface area contributed by atoms with Gasteiger partial charge in [0.05, 0.1) is 32.0 Å². The molecule has 0 amide bonds. The molecule has 1 fully saturated rings. The molecule has 0 radical (unpaired) electrons. The van der Waals surface area contributed by atoms with Gasteiger partial charge in [0.25, 0.3) is 0 Å². The number of ether oxygens (including phenoxy) is 3. The van der Waals surface area contributed by atoms with Crippen LogP contribution in [-0.2, 0) is 17.6 Å². The molecular weight excluding hydrogens is 440 g/mol. The normalized spacial score (nSPS) is 14.8. The maximum absolute atomic E-state index is 12.7. The van der Waals surface area contributed by atoms with Crippen LogP contribution in [0.3, 0.4) is 0 Å². The molecular formula is C26H35ClN2O4. The molecule has 0 unspecified atom stereocenters. The quantitative estimate of drug-likeness (QED) is 0.472. The predicted molar refractivity (Wildman–Crippen MR) is 133 cm³/mol. The summed E-state index contributed by atoms with van der Waals surface area (Å²) in [5, 5.41) is 0.458. The van der Waals surface area contributed by atoms with Crippen molar-refractivity contribution in [2.24, 2.45) is 5.92 Å². The van der Waals surface area contributed by atoms with Crippen molar-refractivity contribution in [2.75, 3.05) is 46.7 Å². The van der Waals surface area contributed by atoms with E-state index in [1.165, 1.54) is 5.56 Å². The Labute approximate surface area is 201 Å². The zero-order valence-corrected chi connectivity index (χ0v) is 20.6. The Morgan fingerprint density at radius 1 is 1.03 bits per heavy atom. The van der Waals surface area contributed by atoms with Crippen molar-refractivity contribution in [2.45, 2.75) is 38.5 Å². The maximum Gasteiger partial charge on any atom is 0.137 e. The summed E-state index contributed by atoms with van der Waals surface area (Å²) in [6.07, 6.45) is 5.10. The van der Waals surface area contributed by atoms with E-state index < -0.39 is 0 Å². The SMILES string of the molecule is COc1cc(CCCN2CCC(CC(=O)Cc3cc(Cl)c(N)cc3OC)CC2)cc(OC)c1. The topological polar surface area (TPSA) is 74.0 Å². The smallest absolute Gasteiger partial charge is 0.137 e. The van der Waals surface area contributed by atoms with Gasteiger partial charge in [-0.2, -0.15) is 0 Å². The Bertz CT molecular complexity index is 920. The van der Waals surface area contributed by atoms with E-state index in [1.54, 1.807) is 33.5 Å². The summed E-state index contributed by atoms with van der Waals surface area (Å²) in [6, 6.07) is 9.47. The Balaban J connectivity index is 1.41. The van der Waals surface area contributed by atoms with E-state index in [2.05, 4.69) is 17.0 Å². The van der Waals surface area contributed by atoms with Gasteiger partial charge < -0.3 is 24.8 Å². The number of methoxy groups -OCH3 is 3. The van der Waals surface area contributed by atoms with Crippen LogP contribution < -0.4 is 19.9 Å². The molecule has 33 heavy (non-hydrogen) atoms. The van der Waals surface area contributed by atoms with Crippen LogP contribution in [0.4, 0.5) is 5.69 Å². The monoisotopic (exact) mass is 474 g/mol. The average molecular weight is 475 g/mol. The van der Waals surface area contributed by atoms with Gasteiger partial charge in [-0.1, -0.05) is 11.6 Å². The molecule has 0 bridgehead atoms. The van der Waals surface area contributed by atoms with E-state index in [4.69, 9.17) is 31.5 Å². The van der Waals surface area contributed by atoms with Crippen LogP contribution in [0.5, 0.6) is 17.2 Å². The summed E-state index contributed by atoms with van der Waals surface area (Å²) >= 11 is 6.14. The number of ketones is 1. The van der Waals surface area contributed by atoms with Crippen molar-refractivity contribution in [3.05, 3.63) is 46.5 Å². The van der Waals surface area contributed by atoms with Crippen LogP contribution in [0.2, 0.25) is 5.02 Å². The first-order valence-corrected chi connectivity index (χ1v) is 11.9. The molecule has 180 valence electrons. The third kappa shape index (κ3) is 7.27. The number of carbonyl (C=O) groups excluding carboxylic acids is 1. The molecule has 0 saturated carbocycles. The molecule has 0 atom stereocenters. The lowest BCUT2D eigenvalue weighted by molar-refractivity contribution is -0.119. The lowest BCUT2D eigenvalue weighted by Crippen LogP contribution is -2.35.